The molecule has 2 aliphatic rings. The molecule has 0 aliphatic carbocycles. The summed E-state index contributed by atoms with van der Waals surface area (Å²) in [5.74, 6) is 0.843. The minimum Gasteiger partial charge on any atom is -0.486 e. The van der Waals surface area contributed by atoms with Gasteiger partial charge in [-0.3, -0.25) is 4.90 Å². The molecule has 1 N–H and O–H groups in total. The Kier molecular flexibility index (Phi) is 4.21. The number of fused-ring (bicyclic) bond motifs is 1. The molecule has 22 heavy (non-hydrogen) atoms. The molecule has 3 heteroatoms. The van der Waals surface area contributed by atoms with E-state index in [9.17, 15) is 5.11 Å². The van der Waals surface area contributed by atoms with Gasteiger partial charge < -0.3 is 9.84 Å². The maximum absolute atomic E-state index is 11.1. The quantitative estimate of drug-likeness (QED) is 0.904. The Morgan fingerprint density at radius 1 is 1.32 bits per heavy atom. The largest absolute Gasteiger partial charge is 0.486 e. The molecular weight excluding hydrogens is 274 g/mol. The van der Waals surface area contributed by atoms with Crippen LogP contribution in [0.25, 0.3) is 0 Å². The Labute approximate surface area is 134 Å². The number of nitrogens with zero attached hydrogens (tertiary/aromatic N) is 1. The molecule has 1 fully saturated rings. The molecule has 2 heterocycles. The number of aliphatic hydroxyl groups excluding tert-OH is 1. The molecular formula is C19H29NO2. The molecule has 3 nitrogen and oxygen atoms in total. The van der Waals surface area contributed by atoms with Crippen LogP contribution in [0.3, 0.4) is 0 Å². The number of likely N-dealkylation sites (tertiary alicyclic amines) is 1. The van der Waals surface area contributed by atoms with Crippen molar-refractivity contribution in [3.05, 3.63) is 29.3 Å². The van der Waals surface area contributed by atoms with Crippen molar-refractivity contribution >= 4 is 0 Å². The lowest BCUT2D eigenvalue weighted by atomic mass is 9.82. The summed E-state index contributed by atoms with van der Waals surface area (Å²) in [5, 5.41) is 11.1. The second-order valence-corrected chi connectivity index (χ2v) is 7.40. The first kappa shape index (κ1) is 15.8. The minimum atomic E-state index is -0.481. The molecule has 0 bridgehead atoms. The zero-order valence-corrected chi connectivity index (χ0v) is 14.3. The summed E-state index contributed by atoms with van der Waals surface area (Å²) in [6.07, 6.45) is 4.21. The van der Waals surface area contributed by atoms with Gasteiger partial charge >= 0.3 is 0 Å². The van der Waals surface area contributed by atoms with Crippen molar-refractivity contribution in [3.8, 4) is 5.75 Å². The predicted molar refractivity (Wildman–Crippen MR) is 89.3 cm³/mol. The molecule has 0 radical (unpaired) electrons. The monoisotopic (exact) mass is 303 g/mol. The van der Waals surface area contributed by atoms with Gasteiger partial charge in [-0.2, -0.15) is 0 Å². The van der Waals surface area contributed by atoms with Crippen molar-refractivity contribution in [2.45, 2.75) is 77.2 Å². The highest BCUT2D eigenvalue weighted by Crippen LogP contribution is 2.44. The summed E-state index contributed by atoms with van der Waals surface area (Å²) in [5.41, 5.74) is 1.83. The van der Waals surface area contributed by atoms with Crippen molar-refractivity contribution < 1.29 is 9.84 Å². The molecule has 0 amide bonds. The van der Waals surface area contributed by atoms with Gasteiger partial charge in [0.05, 0.1) is 6.04 Å². The molecule has 1 aromatic rings. The third-order valence-electron chi connectivity index (χ3n) is 5.40. The third-order valence-corrected chi connectivity index (χ3v) is 5.40. The molecule has 2 aliphatic heterocycles. The number of benzene rings is 1. The topological polar surface area (TPSA) is 32.7 Å². The lowest BCUT2D eigenvalue weighted by molar-refractivity contribution is -0.101. The standard InChI is InChI=1S/C19H29NO2/c1-5-14-9-10-16-15(12-14)17(21)18(19(3,4)22-16)20-11-7-6-8-13(20)2/h9-10,12-13,17-18,21H,5-8,11H2,1-4H3. The summed E-state index contributed by atoms with van der Waals surface area (Å²) in [7, 11) is 0. The Bertz CT molecular complexity index is 540. The van der Waals surface area contributed by atoms with Gasteiger partial charge in [0.15, 0.2) is 0 Å². The molecule has 122 valence electrons. The Balaban J connectivity index is 1.99. The van der Waals surface area contributed by atoms with Crippen LogP contribution in [0.5, 0.6) is 5.75 Å². The van der Waals surface area contributed by atoms with Crippen molar-refractivity contribution in [2.75, 3.05) is 6.54 Å². The molecule has 1 aromatic carbocycles. The van der Waals surface area contributed by atoms with Crippen LogP contribution in [0.1, 0.15) is 64.2 Å². The molecule has 3 unspecified atom stereocenters. The fourth-order valence-electron chi connectivity index (χ4n) is 4.15. The molecule has 3 rings (SSSR count). The average molecular weight is 303 g/mol. The van der Waals surface area contributed by atoms with E-state index in [1.54, 1.807) is 0 Å². The highest BCUT2D eigenvalue weighted by molar-refractivity contribution is 5.42. The number of ether oxygens (including phenoxy) is 1. The van der Waals surface area contributed by atoms with E-state index in [-0.39, 0.29) is 11.6 Å². The van der Waals surface area contributed by atoms with E-state index in [2.05, 4.69) is 44.7 Å². The fourth-order valence-corrected chi connectivity index (χ4v) is 4.15. The van der Waals surface area contributed by atoms with E-state index in [0.29, 0.717) is 6.04 Å². The van der Waals surface area contributed by atoms with Crippen LogP contribution in [0.4, 0.5) is 0 Å². The minimum absolute atomic E-state index is 0.0161. The predicted octanol–water partition coefficient (Wildman–Crippen LogP) is 3.70. The van der Waals surface area contributed by atoms with Gasteiger partial charge in [-0.05, 0) is 64.3 Å². The van der Waals surface area contributed by atoms with E-state index >= 15 is 0 Å². The van der Waals surface area contributed by atoms with Gasteiger partial charge in [0.1, 0.15) is 17.5 Å². The smallest absolute Gasteiger partial charge is 0.126 e. The van der Waals surface area contributed by atoms with E-state index in [0.717, 1.165) is 24.3 Å². The van der Waals surface area contributed by atoms with Crippen LogP contribution < -0.4 is 4.74 Å². The SMILES string of the molecule is CCc1ccc2c(c1)C(O)C(N1CCCCC1C)C(C)(C)O2. The van der Waals surface area contributed by atoms with Gasteiger partial charge in [-0.25, -0.2) is 0 Å². The highest BCUT2D eigenvalue weighted by Gasteiger charge is 2.47. The van der Waals surface area contributed by atoms with Crippen LogP contribution in [-0.2, 0) is 6.42 Å². The van der Waals surface area contributed by atoms with E-state index < -0.39 is 6.10 Å². The van der Waals surface area contributed by atoms with Crippen molar-refractivity contribution in [3.63, 3.8) is 0 Å². The first-order valence-electron chi connectivity index (χ1n) is 8.69. The fraction of sp³-hybridized carbons (Fsp3) is 0.684. The summed E-state index contributed by atoms with van der Waals surface area (Å²) in [6, 6.07) is 6.77. The van der Waals surface area contributed by atoms with Crippen LogP contribution in [0, 0.1) is 0 Å². The second-order valence-electron chi connectivity index (χ2n) is 7.40. The average Bonchev–Trinajstić information content (AvgIpc) is 2.48. The zero-order chi connectivity index (χ0) is 15.9. The number of hydrogen-bond donors (Lipinski definition) is 1. The Hall–Kier alpha value is -1.06. The molecule has 3 atom stereocenters. The zero-order valence-electron chi connectivity index (χ0n) is 14.3. The number of aryl methyl sites for hydroxylation is 1. The maximum atomic E-state index is 11.1. The molecule has 0 spiro atoms. The third kappa shape index (κ3) is 2.65. The number of rotatable bonds is 2. The van der Waals surface area contributed by atoms with Gasteiger partial charge in [0.2, 0.25) is 0 Å². The van der Waals surface area contributed by atoms with Crippen molar-refractivity contribution in [1.82, 2.24) is 4.90 Å². The maximum Gasteiger partial charge on any atom is 0.126 e. The molecule has 0 saturated carbocycles. The molecule has 1 saturated heterocycles. The van der Waals surface area contributed by atoms with Crippen LogP contribution in [0.15, 0.2) is 18.2 Å². The van der Waals surface area contributed by atoms with Crippen LogP contribution in [0.2, 0.25) is 0 Å². The summed E-state index contributed by atoms with van der Waals surface area (Å²) in [6.45, 7) is 9.70. The number of piperidine rings is 1. The Morgan fingerprint density at radius 2 is 2.09 bits per heavy atom. The first-order chi connectivity index (χ1) is 10.4. The summed E-state index contributed by atoms with van der Waals surface area (Å²) in [4.78, 5) is 2.47. The van der Waals surface area contributed by atoms with Gasteiger partial charge in [-0.15, -0.1) is 0 Å². The summed E-state index contributed by atoms with van der Waals surface area (Å²) < 4.78 is 6.30. The first-order valence-corrected chi connectivity index (χ1v) is 8.69. The lowest BCUT2D eigenvalue weighted by Crippen LogP contribution is -2.61. The van der Waals surface area contributed by atoms with Crippen LogP contribution in [-0.4, -0.2) is 34.2 Å². The summed E-state index contributed by atoms with van der Waals surface area (Å²) >= 11 is 0. The van der Waals surface area contributed by atoms with Crippen LogP contribution >= 0.6 is 0 Å². The van der Waals surface area contributed by atoms with E-state index in [1.165, 1.54) is 24.8 Å². The van der Waals surface area contributed by atoms with Crippen molar-refractivity contribution in [2.24, 2.45) is 0 Å². The number of aliphatic hydroxyl groups is 1. The Morgan fingerprint density at radius 3 is 2.77 bits per heavy atom. The van der Waals surface area contributed by atoms with Gasteiger partial charge in [-0.1, -0.05) is 19.4 Å². The highest BCUT2D eigenvalue weighted by atomic mass is 16.5. The van der Waals surface area contributed by atoms with E-state index in [4.69, 9.17) is 4.74 Å². The van der Waals surface area contributed by atoms with Crippen molar-refractivity contribution in [1.29, 1.82) is 0 Å². The van der Waals surface area contributed by atoms with Gasteiger partial charge in [0, 0.05) is 11.6 Å². The van der Waals surface area contributed by atoms with Gasteiger partial charge in [0.25, 0.3) is 0 Å². The number of hydrogen-bond acceptors (Lipinski definition) is 3. The lowest BCUT2D eigenvalue weighted by Gasteiger charge is -2.51. The second kappa shape index (κ2) is 5.86. The normalized spacial score (nSPS) is 31.4. The molecule has 0 aromatic heterocycles. The van der Waals surface area contributed by atoms with E-state index in [1.807, 2.05) is 6.07 Å².